The Morgan fingerprint density at radius 3 is 2.58 bits per heavy atom. The first-order valence-electron chi connectivity index (χ1n) is 4.50. The predicted molar refractivity (Wildman–Crippen MR) is 57.4 cm³/mol. The molecule has 12 heavy (non-hydrogen) atoms. The second-order valence-electron chi connectivity index (χ2n) is 2.57. The topological polar surface area (TPSA) is 0 Å². The van der Waals surface area contributed by atoms with Crippen LogP contribution >= 0.6 is 11.6 Å². The average Bonchev–Trinajstić information content (AvgIpc) is 2.09. The third kappa shape index (κ3) is 7.62. The lowest BCUT2D eigenvalue weighted by Gasteiger charge is -1.87. The zero-order chi connectivity index (χ0) is 9.23. The van der Waals surface area contributed by atoms with Crippen LogP contribution in [0.1, 0.15) is 33.1 Å². The SMILES string of the molecule is CCC=C/C=C\C(Cl)=C/CCC. The van der Waals surface area contributed by atoms with Gasteiger partial charge >= 0.3 is 0 Å². The first-order valence-corrected chi connectivity index (χ1v) is 4.88. The number of rotatable bonds is 5. The van der Waals surface area contributed by atoms with Crippen LogP contribution in [-0.2, 0) is 0 Å². The van der Waals surface area contributed by atoms with Crippen molar-refractivity contribution in [2.24, 2.45) is 0 Å². The zero-order valence-electron chi connectivity index (χ0n) is 7.89. The Bertz CT molecular complexity index is 175. The van der Waals surface area contributed by atoms with Crippen LogP contribution in [0.2, 0.25) is 0 Å². The summed E-state index contributed by atoms with van der Waals surface area (Å²) in [5, 5.41) is 0.831. The number of unbranched alkanes of at least 4 members (excludes halogenated alkanes) is 1. The van der Waals surface area contributed by atoms with E-state index in [-0.39, 0.29) is 0 Å². The Kier molecular flexibility index (Phi) is 8.25. The summed E-state index contributed by atoms with van der Waals surface area (Å²) in [6.07, 6.45) is 13.3. The molecule has 0 aliphatic rings. The molecule has 68 valence electrons. The number of hydrogen-bond acceptors (Lipinski definition) is 0. The second kappa shape index (κ2) is 8.61. The van der Waals surface area contributed by atoms with E-state index >= 15 is 0 Å². The minimum Gasteiger partial charge on any atom is -0.0848 e. The van der Waals surface area contributed by atoms with Crippen LogP contribution in [0.25, 0.3) is 0 Å². The highest BCUT2D eigenvalue weighted by Crippen LogP contribution is 2.05. The van der Waals surface area contributed by atoms with Crippen molar-refractivity contribution < 1.29 is 0 Å². The lowest BCUT2D eigenvalue weighted by atomic mass is 10.3. The Morgan fingerprint density at radius 2 is 2.00 bits per heavy atom. The Morgan fingerprint density at radius 1 is 1.25 bits per heavy atom. The summed E-state index contributed by atoms with van der Waals surface area (Å²) in [4.78, 5) is 0. The van der Waals surface area contributed by atoms with Crippen molar-refractivity contribution in [3.63, 3.8) is 0 Å². The summed E-state index contributed by atoms with van der Waals surface area (Å²) in [5.74, 6) is 0. The molecule has 0 spiro atoms. The Balaban J connectivity index is 3.73. The van der Waals surface area contributed by atoms with Gasteiger partial charge in [0.1, 0.15) is 0 Å². The fraction of sp³-hybridized carbons (Fsp3) is 0.455. The molecule has 0 bridgehead atoms. The molecule has 1 heteroatoms. The van der Waals surface area contributed by atoms with Crippen molar-refractivity contribution in [2.75, 3.05) is 0 Å². The summed E-state index contributed by atoms with van der Waals surface area (Å²) in [6, 6.07) is 0. The largest absolute Gasteiger partial charge is 0.0848 e. The van der Waals surface area contributed by atoms with Gasteiger partial charge in [-0.2, -0.15) is 0 Å². The monoisotopic (exact) mass is 184 g/mol. The van der Waals surface area contributed by atoms with Crippen LogP contribution in [-0.4, -0.2) is 0 Å². The van der Waals surface area contributed by atoms with Crippen molar-refractivity contribution in [3.8, 4) is 0 Å². The summed E-state index contributed by atoms with van der Waals surface area (Å²) < 4.78 is 0. The fourth-order valence-electron chi connectivity index (χ4n) is 0.712. The maximum atomic E-state index is 5.88. The molecule has 0 rings (SSSR count). The van der Waals surface area contributed by atoms with Gasteiger partial charge in [-0.1, -0.05) is 56.2 Å². The maximum absolute atomic E-state index is 5.88. The van der Waals surface area contributed by atoms with E-state index in [1.165, 1.54) is 0 Å². The van der Waals surface area contributed by atoms with Gasteiger partial charge in [0.2, 0.25) is 0 Å². The molecule has 0 aromatic heterocycles. The van der Waals surface area contributed by atoms with Gasteiger partial charge in [0.15, 0.2) is 0 Å². The summed E-state index contributed by atoms with van der Waals surface area (Å²) in [6.45, 7) is 4.25. The highest BCUT2D eigenvalue weighted by Gasteiger charge is 1.81. The van der Waals surface area contributed by atoms with Gasteiger partial charge in [0.25, 0.3) is 0 Å². The van der Waals surface area contributed by atoms with E-state index in [2.05, 4.69) is 19.9 Å². The van der Waals surface area contributed by atoms with E-state index in [0.717, 1.165) is 24.3 Å². The van der Waals surface area contributed by atoms with Crippen LogP contribution in [0.3, 0.4) is 0 Å². The van der Waals surface area contributed by atoms with Crippen LogP contribution in [0.4, 0.5) is 0 Å². The van der Waals surface area contributed by atoms with Gasteiger partial charge in [-0.05, 0) is 18.9 Å². The molecule has 0 fully saturated rings. The highest BCUT2D eigenvalue weighted by molar-refractivity contribution is 6.31. The molecule has 0 radical (unpaired) electrons. The second-order valence-corrected chi connectivity index (χ2v) is 3.01. The maximum Gasteiger partial charge on any atom is 0.0366 e. The smallest absolute Gasteiger partial charge is 0.0366 e. The first-order chi connectivity index (χ1) is 5.81. The van der Waals surface area contributed by atoms with Gasteiger partial charge in [-0.25, -0.2) is 0 Å². The van der Waals surface area contributed by atoms with Crippen molar-refractivity contribution in [1.82, 2.24) is 0 Å². The van der Waals surface area contributed by atoms with Gasteiger partial charge in [-0.3, -0.25) is 0 Å². The predicted octanol–water partition coefficient (Wildman–Crippen LogP) is 4.43. The lowest BCUT2D eigenvalue weighted by Crippen LogP contribution is -1.65. The quantitative estimate of drug-likeness (QED) is 0.555. The number of allylic oxidation sites excluding steroid dienone is 6. The fourth-order valence-corrected chi connectivity index (χ4v) is 0.894. The standard InChI is InChI=1S/C11H17Cl/c1-3-5-7-8-10-11(12)9-6-4-2/h5,7-10H,3-4,6H2,1-2H3/b7-5?,10-8-,11-9+. The van der Waals surface area contributed by atoms with Crippen LogP contribution in [0.5, 0.6) is 0 Å². The van der Waals surface area contributed by atoms with Crippen LogP contribution in [0, 0.1) is 0 Å². The minimum absolute atomic E-state index is 0.831. The summed E-state index contributed by atoms with van der Waals surface area (Å²) in [5.41, 5.74) is 0. The van der Waals surface area contributed by atoms with Gasteiger partial charge in [0.05, 0.1) is 0 Å². The molecule has 0 aromatic carbocycles. The van der Waals surface area contributed by atoms with E-state index in [1.807, 2.05) is 24.3 Å². The average molecular weight is 185 g/mol. The van der Waals surface area contributed by atoms with Crippen LogP contribution < -0.4 is 0 Å². The van der Waals surface area contributed by atoms with Crippen molar-refractivity contribution in [2.45, 2.75) is 33.1 Å². The van der Waals surface area contributed by atoms with E-state index in [4.69, 9.17) is 11.6 Å². The van der Waals surface area contributed by atoms with Crippen molar-refractivity contribution in [1.29, 1.82) is 0 Å². The molecule has 0 saturated carbocycles. The van der Waals surface area contributed by atoms with E-state index in [1.54, 1.807) is 0 Å². The molecule has 0 heterocycles. The molecule has 0 amide bonds. The zero-order valence-corrected chi connectivity index (χ0v) is 8.64. The third-order valence-electron chi connectivity index (χ3n) is 1.37. The van der Waals surface area contributed by atoms with Crippen molar-refractivity contribution >= 4 is 11.6 Å². The molecule has 0 aliphatic carbocycles. The molecular formula is C11H17Cl. The van der Waals surface area contributed by atoms with E-state index < -0.39 is 0 Å². The lowest BCUT2D eigenvalue weighted by molar-refractivity contribution is 0.957. The van der Waals surface area contributed by atoms with Crippen molar-refractivity contribution in [3.05, 3.63) is 35.4 Å². The Labute approximate surface area is 80.6 Å². The molecule has 0 aromatic rings. The Hall–Kier alpha value is -0.490. The molecule has 0 aliphatic heterocycles. The summed E-state index contributed by atoms with van der Waals surface area (Å²) >= 11 is 5.88. The normalized spacial score (nSPS) is 13.4. The number of hydrogen-bond donors (Lipinski definition) is 0. The van der Waals surface area contributed by atoms with Gasteiger partial charge in [-0.15, -0.1) is 0 Å². The molecular weight excluding hydrogens is 168 g/mol. The molecule has 0 unspecified atom stereocenters. The molecule has 0 saturated heterocycles. The van der Waals surface area contributed by atoms with E-state index in [0.29, 0.717) is 0 Å². The van der Waals surface area contributed by atoms with Crippen LogP contribution in [0.15, 0.2) is 35.4 Å². The van der Waals surface area contributed by atoms with Gasteiger partial charge in [0, 0.05) is 5.03 Å². The third-order valence-corrected chi connectivity index (χ3v) is 1.65. The summed E-state index contributed by atoms with van der Waals surface area (Å²) in [7, 11) is 0. The first kappa shape index (κ1) is 11.5. The number of halogens is 1. The molecule has 0 nitrogen and oxygen atoms in total. The van der Waals surface area contributed by atoms with E-state index in [9.17, 15) is 0 Å². The molecule has 0 atom stereocenters. The minimum atomic E-state index is 0.831. The highest BCUT2D eigenvalue weighted by atomic mass is 35.5. The molecule has 0 N–H and O–H groups in total. The van der Waals surface area contributed by atoms with Gasteiger partial charge < -0.3 is 0 Å².